The average molecular weight is 420 g/mol. The summed E-state index contributed by atoms with van der Waals surface area (Å²) in [7, 11) is -6.52. The second-order valence-corrected chi connectivity index (χ2v) is 11.0. The standard InChI is InChI=1S/C20H29O2P.BF4/c1-2-9-16(8-1)23(17-10-3-4-11-17)19-13-6-5-12-18(19)20-21-14-7-15-22-20;2-1(3,4)5/h5-6,12-13,16-17,20H,1-4,7-11,14-15H2;/q;-1/p+1. The van der Waals surface area contributed by atoms with Gasteiger partial charge in [-0.3, -0.25) is 0 Å². The highest BCUT2D eigenvalue weighted by molar-refractivity contribution is 7.67. The molecular weight excluding hydrogens is 390 g/mol. The van der Waals surface area contributed by atoms with Gasteiger partial charge in [-0.25, -0.2) is 0 Å². The molecule has 0 atom stereocenters. The van der Waals surface area contributed by atoms with Crippen LogP contribution in [0.25, 0.3) is 0 Å². The molecule has 1 aliphatic heterocycles. The van der Waals surface area contributed by atoms with Gasteiger partial charge in [0.1, 0.15) is 5.30 Å². The van der Waals surface area contributed by atoms with Crippen molar-refractivity contribution in [2.75, 3.05) is 13.2 Å². The summed E-state index contributed by atoms with van der Waals surface area (Å²) in [4.78, 5) is 0. The van der Waals surface area contributed by atoms with E-state index < -0.39 is 15.2 Å². The number of halogens is 4. The fourth-order valence-corrected chi connectivity index (χ4v) is 9.31. The zero-order valence-corrected chi connectivity index (χ0v) is 17.2. The molecule has 1 saturated heterocycles. The van der Waals surface area contributed by atoms with Gasteiger partial charge in [0.25, 0.3) is 0 Å². The van der Waals surface area contributed by atoms with Crippen molar-refractivity contribution in [2.45, 2.75) is 75.4 Å². The normalized spacial score (nSPS) is 22.5. The minimum atomic E-state index is -6.00. The molecule has 4 rings (SSSR count). The van der Waals surface area contributed by atoms with Gasteiger partial charge in [0.15, 0.2) is 6.29 Å². The maximum absolute atomic E-state index is 9.75. The summed E-state index contributed by atoms with van der Waals surface area (Å²) in [6, 6.07) is 9.11. The Balaban J connectivity index is 0.000000403. The molecular formula is C20H30BF4O2P. The van der Waals surface area contributed by atoms with E-state index in [1.54, 1.807) is 5.30 Å². The molecule has 0 bridgehead atoms. The zero-order valence-electron chi connectivity index (χ0n) is 16.2. The molecule has 0 amide bonds. The summed E-state index contributed by atoms with van der Waals surface area (Å²) in [5.41, 5.74) is 3.32. The first kappa shape index (κ1) is 22.0. The van der Waals surface area contributed by atoms with Crippen molar-refractivity contribution in [3.8, 4) is 0 Å². The largest absolute Gasteiger partial charge is 0.673 e. The minimum absolute atomic E-state index is 0.109. The van der Waals surface area contributed by atoms with Gasteiger partial charge >= 0.3 is 7.25 Å². The van der Waals surface area contributed by atoms with Crippen LogP contribution in [0.15, 0.2) is 24.3 Å². The summed E-state index contributed by atoms with van der Waals surface area (Å²) in [6.07, 6.45) is 12.6. The molecule has 0 N–H and O–H groups in total. The molecule has 1 heterocycles. The molecule has 0 aromatic heterocycles. The molecule has 2 saturated carbocycles. The molecule has 8 heteroatoms. The number of benzene rings is 1. The van der Waals surface area contributed by atoms with Crippen LogP contribution in [0.1, 0.15) is 69.6 Å². The molecule has 3 aliphatic rings. The quantitative estimate of drug-likeness (QED) is 0.331. The van der Waals surface area contributed by atoms with E-state index in [0.29, 0.717) is 0 Å². The molecule has 2 nitrogen and oxygen atoms in total. The van der Waals surface area contributed by atoms with Crippen LogP contribution < -0.4 is 5.30 Å². The average Bonchev–Trinajstić information content (AvgIpc) is 3.37. The molecule has 0 radical (unpaired) electrons. The van der Waals surface area contributed by atoms with Crippen LogP contribution in [0.5, 0.6) is 0 Å². The van der Waals surface area contributed by atoms with E-state index in [4.69, 9.17) is 9.47 Å². The van der Waals surface area contributed by atoms with Crippen LogP contribution in [0.2, 0.25) is 0 Å². The highest BCUT2D eigenvalue weighted by Crippen LogP contribution is 2.57. The Bertz CT molecular complexity index is 576. The lowest BCUT2D eigenvalue weighted by molar-refractivity contribution is -0.182. The van der Waals surface area contributed by atoms with Crippen molar-refractivity contribution in [3.05, 3.63) is 29.8 Å². The van der Waals surface area contributed by atoms with Crippen LogP contribution in [0.3, 0.4) is 0 Å². The van der Waals surface area contributed by atoms with Crippen molar-refractivity contribution in [1.29, 1.82) is 0 Å². The summed E-state index contributed by atoms with van der Waals surface area (Å²) < 4.78 is 50.9. The Morgan fingerprint density at radius 1 is 0.750 bits per heavy atom. The maximum atomic E-state index is 9.75. The first-order valence-electron chi connectivity index (χ1n) is 10.5. The van der Waals surface area contributed by atoms with E-state index >= 15 is 0 Å². The summed E-state index contributed by atoms with van der Waals surface area (Å²) in [5.74, 6) is 0. The Labute approximate surface area is 166 Å². The van der Waals surface area contributed by atoms with Crippen LogP contribution >= 0.6 is 7.92 Å². The molecule has 0 unspecified atom stereocenters. The number of hydrogen-bond acceptors (Lipinski definition) is 2. The van der Waals surface area contributed by atoms with E-state index in [1.807, 2.05) is 0 Å². The lowest BCUT2D eigenvalue weighted by Crippen LogP contribution is -2.27. The van der Waals surface area contributed by atoms with Gasteiger partial charge in [0.05, 0.1) is 24.5 Å². The van der Waals surface area contributed by atoms with Crippen molar-refractivity contribution >= 4 is 20.5 Å². The number of ether oxygens (including phenoxy) is 2. The molecule has 1 aromatic carbocycles. The third-order valence-corrected chi connectivity index (χ3v) is 9.93. The first-order valence-corrected chi connectivity index (χ1v) is 12.2. The zero-order chi connectivity index (χ0) is 20.0. The first-order chi connectivity index (χ1) is 13.4. The lowest BCUT2D eigenvalue weighted by atomic mass is 10.2. The molecule has 3 fully saturated rings. The van der Waals surface area contributed by atoms with Crippen LogP contribution in [-0.2, 0) is 9.47 Å². The smallest absolute Gasteiger partial charge is 0.418 e. The highest BCUT2D eigenvalue weighted by atomic mass is 31.1. The predicted molar refractivity (Wildman–Crippen MR) is 108 cm³/mol. The molecule has 0 spiro atoms. The van der Waals surface area contributed by atoms with Crippen molar-refractivity contribution in [2.24, 2.45) is 0 Å². The molecule has 158 valence electrons. The van der Waals surface area contributed by atoms with E-state index in [9.17, 15) is 17.3 Å². The fourth-order valence-electron chi connectivity index (χ4n) is 4.88. The minimum Gasteiger partial charge on any atom is -0.418 e. The summed E-state index contributed by atoms with van der Waals surface area (Å²) >= 11 is 0. The van der Waals surface area contributed by atoms with E-state index in [-0.39, 0.29) is 6.29 Å². The van der Waals surface area contributed by atoms with Gasteiger partial charge in [0, 0.05) is 13.5 Å². The Hall–Kier alpha value is -0.645. The fraction of sp³-hybridized carbons (Fsp3) is 0.700. The van der Waals surface area contributed by atoms with Gasteiger partial charge in [-0.05, 0) is 69.9 Å². The number of rotatable bonds is 4. The Kier molecular flexibility index (Phi) is 8.19. The second-order valence-electron chi connectivity index (χ2n) is 7.93. The van der Waals surface area contributed by atoms with Gasteiger partial charge in [-0.1, -0.05) is 12.1 Å². The summed E-state index contributed by atoms with van der Waals surface area (Å²) in [6.45, 7) is 1.68. The SMILES string of the molecule is F[B-](F)(F)F.c1ccc([PH+](C2CCCC2)C2CCCC2)c(C2OCCCO2)c1. The van der Waals surface area contributed by atoms with Crippen molar-refractivity contribution in [1.82, 2.24) is 0 Å². The van der Waals surface area contributed by atoms with Gasteiger partial charge in [0.2, 0.25) is 0 Å². The predicted octanol–water partition coefficient (Wildman–Crippen LogP) is 6.15. The van der Waals surface area contributed by atoms with Gasteiger partial charge in [-0.15, -0.1) is 0 Å². The third kappa shape index (κ3) is 6.43. The molecule has 28 heavy (non-hydrogen) atoms. The second kappa shape index (κ2) is 10.4. The van der Waals surface area contributed by atoms with Crippen LogP contribution in [0, 0.1) is 0 Å². The van der Waals surface area contributed by atoms with Gasteiger partial charge < -0.3 is 26.7 Å². The van der Waals surface area contributed by atoms with E-state index in [0.717, 1.165) is 31.0 Å². The monoisotopic (exact) mass is 420 g/mol. The van der Waals surface area contributed by atoms with Crippen molar-refractivity contribution in [3.63, 3.8) is 0 Å². The van der Waals surface area contributed by atoms with Crippen molar-refractivity contribution < 1.29 is 26.7 Å². The lowest BCUT2D eigenvalue weighted by Gasteiger charge is -2.28. The molecule has 1 aromatic rings. The number of hydrogen-bond donors (Lipinski definition) is 0. The Morgan fingerprint density at radius 2 is 1.21 bits per heavy atom. The van der Waals surface area contributed by atoms with E-state index in [1.165, 1.54) is 56.9 Å². The molecule has 2 aliphatic carbocycles. The maximum Gasteiger partial charge on any atom is 0.673 e. The summed E-state index contributed by atoms with van der Waals surface area (Å²) in [5, 5.41) is 1.64. The topological polar surface area (TPSA) is 18.5 Å². The highest BCUT2D eigenvalue weighted by Gasteiger charge is 2.42. The Morgan fingerprint density at radius 3 is 1.71 bits per heavy atom. The van der Waals surface area contributed by atoms with E-state index in [2.05, 4.69) is 24.3 Å². The van der Waals surface area contributed by atoms with Gasteiger partial charge in [-0.2, -0.15) is 0 Å². The van der Waals surface area contributed by atoms with Crippen LogP contribution in [0.4, 0.5) is 17.3 Å². The van der Waals surface area contributed by atoms with Crippen LogP contribution in [-0.4, -0.2) is 31.8 Å². The third-order valence-electron chi connectivity index (χ3n) is 5.94.